The number of nitrogens with one attached hydrogen (secondary N) is 1. The van der Waals surface area contributed by atoms with E-state index in [1.807, 2.05) is 4.81 Å². The lowest BCUT2D eigenvalue weighted by Crippen LogP contribution is -2.48. The minimum atomic E-state index is -0.833. The maximum absolute atomic E-state index is 9.00. The topological polar surface area (TPSA) is 52.6 Å². The van der Waals surface area contributed by atoms with Crippen molar-refractivity contribution < 1.29 is 9.90 Å². The number of aliphatic carboxylic acids is 1. The first-order chi connectivity index (χ1) is 5.54. The van der Waals surface area contributed by atoms with Crippen molar-refractivity contribution in [3.8, 4) is 0 Å². The lowest BCUT2D eigenvalue weighted by Gasteiger charge is -2.30. The Hall–Kier alpha value is -0.545. The van der Waals surface area contributed by atoms with Gasteiger partial charge in [-0.3, -0.25) is 4.79 Å². The van der Waals surface area contributed by atoms with Crippen molar-refractivity contribution in [1.82, 2.24) is 10.1 Å². The highest BCUT2D eigenvalue weighted by Gasteiger charge is 2.11. The van der Waals surface area contributed by atoms with Gasteiger partial charge in [-0.1, -0.05) is 0 Å². The molecule has 0 aliphatic carbocycles. The second-order valence-electron chi connectivity index (χ2n) is 2.81. The Morgan fingerprint density at radius 3 is 2.50 bits per heavy atom. The van der Waals surface area contributed by atoms with Crippen molar-refractivity contribution in [3.63, 3.8) is 0 Å². The van der Waals surface area contributed by atoms with Gasteiger partial charge >= 0.3 is 0 Å². The van der Waals surface area contributed by atoms with Gasteiger partial charge in [0.2, 0.25) is 0 Å². The Morgan fingerprint density at radius 2 is 2.25 bits per heavy atom. The van der Waals surface area contributed by atoms with Crippen LogP contribution in [0.25, 0.3) is 0 Å². The van der Waals surface area contributed by atoms with Crippen molar-refractivity contribution in [2.45, 2.75) is 19.9 Å². The van der Waals surface area contributed by atoms with Gasteiger partial charge in [-0.05, 0) is 13.5 Å². The molecule has 1 rings (SSSR count). The summed E-state index contributed by atoms with van der Waals surface area (Å²) in [5.74, 6) is -0.833. The standard InChI is InChI=1S/C5H11BN2.C2H4O2/c1-5-4-7-2-3-8(5)6;1-2(3)4/h5,7H,2-4H2,1H3;1H3,(H,3,4). The number of piperazine rings is 1. The molecule has 0 amide bonds. The predicted molar refractivity (Wildman–Crippen MR) is 48.1 cm³/mol. The SMILES string of the molecule is CC(=O)O.[B]N1CCNCC1C. The first-order valence-corrected chi connectivity index (χ1v) is 3.95. The van der Waals surface area contributed by atoms with Crippen LogP contribution >= 0.6 is 0 Å². The van der Waals surface area contributed by atoms with Crippen LogP contribution < -0.4 is 5.32 Å². The minimum absolute atomic E-state index is 0.503. The van der Waals surface area contributed by atoms with E-state index in [1.165, 1.54) is 0 Å². The molecule has 1 atom stereocenters. The molecule has 0 spiro atoms. The van der Waals surface area contributed by atoms with E-state index in [-0.39, 0.29) is 0 Å². The third-order valence-corrected chi connectivity index (χ3v) is 1.55. The van der Waals surface area contributed by atoms with Gasteiger partial charge in [0.25, 0.3) is 5.97 Å². The van der Waals surface area contributed by atoms with E-state index in [0.717, 1.165) is 26.6 Å². The highest BCUT2D eigenvalue weighted by molar-refractivity contribution is 6.04. The Labute approximate surface area is 74.4 Å². The summed E-state index contributed by atoms with van der Waals surface area (Å²) in [6.07, 6.45) is 0. The number of nitrogens with zero attached hydrogens (tertiary/aromatic N) is 1. The summed E-state index contributed by atoms with van der Waals surface area (Å²) < 4.78 is 0. The zero-order chi connectivity index (χ0) is 9.56. The van der Waals surface area contributed by atoms with Gasteiger partial charge in [-0.2, -0.15) is 0 Å². The largest absolute Gasteiger partial charge is 0.481 e. The molecule has 0 aromatic heterocycles. The van der Waals surface area contributed by atoms with Crippen LogP contribution in [0.15, 0.2) is 0 Å². The second kappa shape index (κ2) is 6.02. The van der Waals surface area contributed by atoms with Gasteiger partial charge in [0.05, 0.1) is 0 Å². The summed E-state index contributed by atoms with van der Waals surface area (Å²) >= 11 is 0. The van der Waals surface area contributed by atoms with E-state index >= 15 is 0 Å². The molecule has 68 valence electrons. The molecular formula is C7H15BN2O2. The van der Waals surface area contributed by atoms with Crippen LogP contribution in [-0.4, -0.2) is 49.5 Å². The Morgan fingerprint density at radius 1 is 1.75 bits per heavy atom. The third-order valence-electron chi connectivity index (χ3n) is 1.55. The maximum atomic E-state index is 9.00. The van der Waals surface area contributed by atoms with E-state index < -0.39 is 5.97 Å². The molecule has 5 heteroatoms. The molecule has 1 saturated heterocycles. The zero-order valence-corrected chi connectivity index (χ0v) is 7.58. The average molecular weight is 170 g/mol. The number of rotatable bonds is 0. The first-order valence-electron chi connectivity index (χ1n) is 3.95. The smallest absolute Gasteiger partial charge is 0.300 e. The van der Waals surface area contributed by atoms with Gasteiger partial charge < -0.3 is 15.2 Å². The van der Waals surface area contributed by atoms with E-state index in [9.17, 15) is 0 Å². The third kappa shape index (κ3) is 6.18. The molecule has 1 aliphatic rings. The van der Waals surface area contributed by atoms with Crippen molar-refractivity contribution >= 4 is 14.0 Å². The van der Waals surface area contributed by atoms with Gasteiger partial charge in [0, 0.05) is 26.1 Å². The quantitative estimate of drug-likeness (QED) is 0.479. The number of hydrogen-bond donors (Lipinski definition) is 2. The van der Waals surface area contributed by atoms with Crippen LogP contribution in [0.4, 0.5) is 0 Å². The molecule has 1 heterocycles. The van der Waals surface area contributed by atoms with Crippen molar-refractivity contribution in [2.75, 3.05) is 19.6 Å². The Balaban J connectivity index is 0.000000261. The second-order valence-corrected chi connectivity index (χ2v) is 2.81. The van der Waals surface area contributed by atoms with Crippen LogP contribution in [0.1, 0.15) is 13.8 Å². The monoisotopic (exact) mass is 170 g/mol. The molecule has 0 bridgehead atoms. The highest BCUT2D eigenvalue weighted by Crippen LogP contribution is 1.95. The van der Waals surface area contributed by atoms with Crippen LogP contribution in [-0.2, 0) is 4.79 Å². The summed E-state index contributed by atoms with van der Waals surface area (Å²) in [6, 6.07) is 0.503. The molecule has 2 N–H and O–H groups in total. The maximum Gasteiger partial charge on any atom is 0.300 e. The molecule has 0 aromatic rings. The molecule has 12 heavy (non-hydrogen) atoms. The Kier molecular flexibility index (Phi) is 5.75. The average Bonchev–Trinajstić information content (AvgIpc) is 1.94. The summed E-state index contributed by atoms with van der Waals surface area (Å²) in [5.41, 5.74) is 0. The predicted octanol–water partition coefficient (Wildman–Crippen LogP) is -0.545. The van der Waals surface area contributed by atoms with Crippen LogP contribution in [0.5, 0.6) is 0 Å². The van der Waals surface area contributed by atoms with Crippen LogP contribution in [0.2, 0.25) is 0 Å². The molecule has 2 radical (unpaired) electrons. The fraction of sp³-hybridized carbons (Fsp3) is 0.857. The lowest BCUT2D eigenvalue weighted by atomic mass is 10.1. The normalized spacial score (nSPS) is 24.0. The number of carboxylic acid groups (broad SMARTS) is 1. The fourth-order valence-electron chi connectivity index (χ4n) is 0.857. The van der Waals surface area contributed by atoms with Gasteiger partial charge in [0.1, 0.15) is 0 Å². The molecular weight excluding hydrogens is 155 g/mol. The number of carboxylic acids is 1. The first kappa shape index (κ1) is 11.5. The van der Waals surface area contributed by atoms with E-state index in [0.29, 0.717) is 6.04 Å². The van der Waals surface area contributed by atoms with Gasteiger partial charge in [-0.25, -0.2) is 0 Å². The zero-order valence-electron chi connectivity index (χ0n) is 7.58. The summed E-state index contributed by atoms with van der Waals surface area (Å²) in [7, 11) is 5.57. The number of hydrogen-bond acceptors (Lipinski definition) is 3. The molecule has 1 fully saturated rings. The molecule has 1 aliphatic heterocycles. The van der Waals surface area contributed by atoms with Crippen LogP contribution in [0, 0.1) is 0 Å². The molecule has 0 aromatic carbocycles. The van der Waals surface area contributed by atoms with Crippen molar-refractivity contribution in [3.05, 3.63) is 0 Å². The fourth-order valence-corrected chi connectivity index (χ4v) is 0.857. The summed E-state index contributed by atoms with van der Waals surface area (Å²) in [4.78, 5) is 10.9. The number of carbonyl (C=O) groups is 1. The highest BCUT2D eigenvalue weighted by atomic mass is 16.4. The molecule has 4 nitrogen and oxygen atoms in total. The van der Waals surface area contributed by atoms with Crippen molar-refractivity contribution in [2.24, 2.45) is 0 Å². The minimum Gasteiger partial charge on any atom is -0.481 e. The van der Waals surface area contributed by atoms with Gasteiger partial charge in [0.15, 0.2) is 7.98 Å². The molecule has 0 saturated carbocycles. The summed E-state index contributed by atoms with van der Waals surface area (Å²) in [5, 5.41) is 10.7. The summed E-state index contributed by atoms with van der Waals surface area (Å²) in [6.45, 7) is 6.23. The van der Waals surface area contributed by atoms with Gasteiger partial charge in [-0.15, -0.1) is 0 Å². The lowest BCUT2D eigenvalue weighted by molar-refractivity contribution is -0.134. The molecule has 1 unspecified atom stereocenters. The van der Waals surface area contributed by atoms with E-state index in [2.05, 4.69) is 12.2 Å². The van der Waals surface area contributed by atoms with Crippen LogP contribution in [0.3, 0.4) is 0 Å². The Bertz CT molecular complexity index is 129. The van der Waals surface area contributed by atoms with E-state index in [4.69, 9.17) is 17.9 Å². The van der Waals surface area contributed by atoms with Crippen molar-refractivity contribution in [1.29, 1.82) is 0 Å². The van der Waals surface area contributed by atoms with E-state index in [1.54, 1.807) is 0 Å².